The van der Waals surface area contributed by atoms with Gasteiger partial charge in [0, 0.05) is 6.04 Å². The number of benzene rings is 1. The third-order valence-corrected chi connectivity index (χ3v) is 3.78. The Morgan fingerprint density at radius 2 is 2.00 bits per heavy atom. The molecular formula is C16H25NO2. The van der Waals surface area contributed by atoms with Crippen molar-refractivity contribution in [2.24, 2.45) is 5.92 Å². The van der Waals surface area contributed by atoms with Gasteiger partial charge >= 0.3 is 0 Å². The maximum atomic E-state index is 9.26. The minimum absolute atomic E-state index is 0.0582. The highest BCUT2D eigenvalue weighted by molar-refractivity contribution is 5.28. The van der Waals surface area contributed by atoms with Crippen LogP contribution in [0.5, 0.6) is 5.75 Å². The van der Waals surface area contributed by atoms with Gasteiger partial charge in [0.05, 0.1) is 12.7 Å². The highest BCUT2D eigenvalue weighted by atomic mass is 16.5. The third kappa shape index (κ3) is 4.22. The summed E-state index contributed by atoms with van der Waals surface area (Å²) in [5.74, 6) is 1.59. The molecule has 1 unspecified atom stereocenters. The SMILES string of the molecule is CCCOc1ccc(C(C)NCC2CC(O)C2)cc1. The van der Waals surface area contributed by atoms with E-state index in [0.717, 1.165) is 38.2 Å². The maximum Gasteiger partial charge on any atom is 0.119 e. The summed E-state index contributed by atoms with van der Waals surface area (Å²) >= 11 is 0. The quantitative estimate of drug-likeness (QED) is 0.795. The zero-order chi connectivity index (χ0) is 13.7. The summed E-state index contributed by atoms with van der Waals surface area (Å²) in [5.41, 5.74) is 1.28. The van der Waals surface area contributed by atoms with Crippen LogP contribution >= 0.6 is 0 Å². The van der Waals surface area contributed by atoms with Gasteiger partial charge in [0.15, 0.2) is 0 Å². The van der Waals surface area contributed by atoms with E-state index in [1.807, 2.05) is 12.1 Å². The van der Waals surface area contributed by atoms with Gasteiger partial charge in [0.25, 0.3) is 0 Å². The highest BCUT2D eigenvalue weighted by Gasteiger charge is 2.26. The summed E-state index contributed by atoms with van der Waals surface area (Å²) in [6.45, 7) is 6.05. The average molecular weight is 263 g/mol. The molecule has 1 aliphatic rings. The molecule has 3 heteroatoms. The number of hydrogen-bond donors (Lipinski definition) is 2. The van der Waals surface area contributed by atoms with Crippen molar-refractivity contribution in [1.82, 2.24) is 5.32 Å². The molecule has 0 spiro atoms. The van der Waals surface area contributed by atoms with Gasteiger partial charge in [0.2, 0.25) is 0 Å². The Balaban J connectivity index is 1.76. The third-order valence-electron chi connectivity index (χ3n) is 3.78. The highest BCUT2D eigenvalue weighted by Crippen LogP contribution is 2.27. The van der Waals surface area contributed by atoms with Crippen LogP contribution < -0.4 is 10.1 Å². The predicted molar refractivity (Wildman–Crippen MR) is 77.4 cm³/mol. The Labute approximate surface area is 116 Å². The first-order valence-corrected chi connectivity index (χ1v) is 7.33. The normalized spacial score (nSPS) is 23.7. The Morgan fingerprint density at radius 3 is 2.58 bits per heavy atom. The van der Waals surface area contributed by atoms with E-state index >= 15 is 0 Å². The molecule has 1 aliphatic carbocycles. The molecule has 1 aromatic carbocycles. The molecule has 0 bridgehead atoms. The van der Waals surface area contributed by atoms with Crippen molar-refractivity contribution in [2.45, 2.75) is 45.3 Å². The number of aliphatic hydroxyl groups is 1. The van der Waals surface area contributed by atoms with E-state index in [4.69, 9.17) is 4.74 Å². The van der Waals surface area contributed by atoms with Gasteiger partial charge in [-0.05, 0) is 56.3 Å². The van der Waals surface area contributed by atoms with Crippen molar-refractivity contribution < 1.29 is 9.84 Å². The van der Waals surface area contributed by atoms with Crippen LogP contribution in [0, 0.1) is 5.92 Å². The Kier molecular flexibility index (Phi) is 5.23. The van der Waals surface area contributed by atoms with Crippen LogP contribution in [0.2, 0.25) is 0 Å². The summed E-state index contributed by atoms with van der Waals surface area (Å²) in [6.07, 6.45) is 2.87. The molecule has 1 atom stereocenters. The molecule has 0 aliphatic heterocycles. The number of rotatable bonds is 7. The van der Waals surface area contributed by atoms with Gasteiger partial charge in [0.1, 0.15) is 5.75 Å². The van der Waals surface area contributed by atoms with Crippen molar-refractivity contribution in [3.8, 4) is 5.75 Å². The van der Waals surface area contributed by atoms with Crippen LogP contribution in [0.3, 0.4) is 0 Å². The fourth-order valence-corrected chi connectivity index (χ4v) is 2.40. The lowest BCUT2D eigenvalue weighted by Gasteiger charge is -2.32. The molecule has 106 valence electrons. The minimum Gasteiger partial charge on any atom is -0.494 e. The lowest BCUT2D eigenvalue weighted by Crippen LogP contribution is -2.36. The van der Waals surface area contributed by atoms with Crippen molar-refractivity contribution in [1.29, 1.82) is 0 Å². The minimum atomic E-state index is -0.0582. The lowest BCUT2D eigenvalue weighted by molar-refractivity contribution is 0.0420. The van der Waals surface area contributed by atoms with Crippen molar-refractivity contribution in [3.05, 3.63) is 29.8 Å². The average Bonchev–Trinajstić information content (AvgIpc) is 2.40. The van der Waals surface area contributed by atoms with Crippen molar-refractivity contribution in [2.75, 3.05) is 13.2 Å². The topological polar surface area (TPSA) is 41.5 Å². The second kappa shape index (κ2) is 6.92. The summed E-state index contributed by atoms with van der Waals surface area (Å²) in [7, 11) is 0. The molecule has 19 heavy (non-hydrogen) atoms. The van der Waals surface area contributed by atoms with Crippen LogP contribution in [0.1, 0.15) is 44.7 Å². The van der Waals surface area contributed by atoms with Crippen molar-refractivity contribution >= 4 is 0 Å². The smallest absolute Gasteiger partial charge is 0.119 e. The van der Waals surface area contributed by atoms with Gasteiger partial charge in [-0.1, -0.05) is 19.1 Å². The fourth-order valence-electron chi connectivity index (χ4n) is 2.40. The van der Waals surface area contributed by atoms with E-state index in [2.05, 4.69) is 31.3 Å². The first kappa shape index (κ1) is 14.4. The maximum absolute atomic E-state index is 9.26. The zero-order valence-electron chi connectivity index (χ0n) is 11.9. The van der Waals surface area contributed by atoms with Crippen LogP contribution in [0.15, 0.2) is 24.3 Å². The fraction of sp³-hybridized carbons (Fsp3) is 0.625. The molecule has 0 heterocycles. The van der Waals surface area contributed by atoms with Gasteiger partial charge in [-0.3, -0.25) is 0 Å². The lowest BCUT2D eigenvalue weighted by atomic mass is 9.82. The Morgan fingerprint density at radius 1 is 1.32 bits per heavy atom. The second-order valence-electron chi connectivity index (χ2n) is 5.54. The molecule has 2 N–H and O–H groups in total. The molecule has 1 fully saturated rings. The molecule has 1 aromatic rings. The largest absolute Gasteiger partial charge is 0.494 e. The summed E-state index contributed by atoms with van der Waals surface area (Å²) in [6, 6.07) is 8.67. The van der Waals surface area contributed by atoms with E-state index in [0.29, 0.717) is 12.0 Å². The van der Waals surface area contributed by atoms with E-state index in [-0.39, 0.29) is 6.10 Å². The molecule has 0 radical (unpaired) electrons. The molecule has 0 saturated heterocycles. The standard InChI is InChI=1S/C16H25NO2/c1-3-8-19-16-6-4-14(5-7-16)12(2)17-11-13-9-15(18)10-13/h4-7,12-13,15,17-18H,3,8-11H2,1-2H3. The summed E-state index contributed by atoms with van der Waals surface area (Å²) < 4.78 is 5.58. The number of aliphatic hydroxyl groups excluding tert-OH is 1. The Hall–Kier alpha value is -1.06. The van der Waals surface area contributed by atoms with E-state index in [1.165, 1.54) is 5.56 Å². The van der Waals surface area contributed by atoms with E-state index in [1.54, 1.807) is 0 Å². The predicted octanol–water partition coefficient (Wildman–Crippen LogP) is 2.90. The number of nitrogens with one attached hydrogen (secondary N) is 1. The molecule has 1 saturated carbocycles. The summed E-state index contributed by atoms with van der Waals surface area (Å²) in [5, 5.41) is 12.8. The summed E-state index contributed by atoms with van der Waals surface area (Å²) in [4.78, 5) is 0. The van der Waals surface area contributed by atoms with E-state index < -0.39 is 0 Å². The van der Waals surface area contributed by atoms with Crippen LogP contribution in [-0.4, -0.2) is 24.4 Å². The Bertz CT molecular complexity index is 371. The number of ether oxygens (including phenoxy) is 1. The molecule has 3 nitrogen and oxygen atoms in total. The molecule has 2 rings (SSSR count). The molecule has 0 amide bonds. The molecule has 0 aromatic heterocycles. The monoisotopic (exact) mass is 263 g/mol. The van der Waals surface area contributed by atoms with Crippen LogP contribution in [0.25, 0.3) is 0 Å². The zero-order valence-corrected chi connectivity index (χ0v) is 11.9. The number of hydrogen-bond acceptors (Lipinski definition) is 3. The van der Waals surface area contributed by atoms with Crippen molar-refractivity contribution in [3.63, 3.8) is 0 Å². The van der Waals surface area contributed by atoms with Crippen LogP contribution in [0.4, 0.5) is 0 Å². The van der Waals surface area contributed by atoms with Gasteiger partial charge in [-0.15, -0.1) is 0 Å². The first-order valence-electron chi connectivity index (χ1n) is 7.33. The first-order chi connectivity index (χ1) is 9.19. The van der Waals surface area contributed by atoms with Crippen LogP contribution in [-0.2, 0) is 0 Å². The van der Waals surface area contributed by atoms with Gasteiger partial charge < -0.3 is 15.2 Å². The second-order valence-corrected chi connectivity index (χ2v) is 5.54. The van der Waals surface area contributed by atoms with Gasteiger partial charge in [-0.2, -0.15) is 0 Å². The van der Waals surface area contributed by atoms with Gasteiger partial charge in [-0.25, -0.2) is 0 Å². The van der Waals surface area contributed by atoms with E-state index in [9.17, 15) is 5.11 Å². The molecular weight excluding hydrogens is 238 g/mol.